The molecule has 0 aliphatic heterocycles. The third kappa shape index (κ3) is 4.79. The first kappa shape index (κ1) is 16.5. The van der Waals surface area contributed by atoms with Gasteiger partial charge in [0.15, 0.2) is 0 Å². The van der Waals surface area contributed by atoms with Crippen molar-refractivity contribution in [3.8, 4) is 0 Å². The van der Waals surface area contributed by atoms with Gasteiger partial charge in [-0.3, -0.25) is 4.79 Å². The Bertz CT molecular complexity index is 278. The maximum absolute atomic E-state index is 12.3. The standard InChI is InChI=1S/C16H32N2O/c1-5-6-13(10-17)16(19)18-15-9-12(4)7-8-14(15)11(2)3/h11-15H,5-10,17H2,1-4H3,(H,18,19). The van der Waals surface area contributed by atoms with Gasteiger partial charge >= 0.3 is 0 Å². The number of hydrogen-bond donors (Lipinski definition) is 2. The number of carbonyl (C=O) groups excluding carboxylic acids is 1. The van der Waals surface area contributed by atoms with E-state index in [-0.39, 0.29) is 11.8 Å². The minimum Gasteiger partial charge on any atom is -0.353 e. The zero-order valence-corrected chi connectivity index (χ0v) is 13.1. The van der Waals surface area contributed by atoms with Gasteiger partial charge in [0.05, 0.1) is 5.92 Å². The highest BCUT2D eigenvalue weighted by atomic mass is 16.1. The highest BCUT2D eigenvalue weighted by Crippen LogP contribution is 2.33. The predicted octanol–water partition coefficient (Wildman–Crippen LogP) is 2.94. The van der Waals surface area contributed by atoms with Crippen LogP contribution in [0.2, 0.25) is 0 Å². The van der Waals surface area contributed by atoms with Crippen molar-refractivity contribution >= 4 is 5.91 Å². The number of amides is 1. The molecule has 1 aliphatic carbocycles. The zero-order chi connectivity index (χ0) is 14.4. The van der Waals surface area contributed by atoms with Crippen molar-refractivity contribution in [1.29, 1.82) is 0 Å². The van der Waals surface area contributed by atoms with Gasteiger partial charge < -0.3 is 11.1 Å². The van der Waals surface area contributed by atoms with Gasteiger partial charge in [-0.2, -0.15) is 0 Å². The van der Waals surface area contributed by atoms with Gasteiger partial charge in [0, 0.05) is 12.6 Å². The van der Waals surface area contributed by atoms with E-state index >= 15 is 0 Å². The first-order valence-corrected chi connectivity index (χ1v) is 8.00. The van der Waals surface area contributed by atoms with Crippen LogP contribution in [0.5, 0.6) is 0 Å². The minimum atomic E-state index is -0.00459. The van der Waals surface area contributed by atoms with Crippen LogP contribution in [0.25, 0.3) is 0 Å². The summed E-state index contributed by atoms with van der Waals surface area (Å²) in [5.41, 5.74) is 5.73. The lowest BCUT2D eigenvalue weighted by atomic mass is 9.74. The zero-order valence-electron chi connectivity index (χ0n) is 13.1. The molecular weight excluding hydrogens is 236 g/mol. The van der Waals surface area contributed by atoms with Crippen LogP contribution in [0.4, 0.5) is 0 Å². The van der Waals surface area contributed by atoms with Crippen molar-refractivity contribution in [2.45, 2.75) is 65.8 Å². The van der Waals surface area contributed by atoms with Crippen LogP contribution in [0, 0.1) is 23.7 Å². The first-order chi connectivity index (χ1) is 8.99. The van der Waals surface area contributed by atoms with Gasteiger partial charge in [-0.1, -0.05) is 40.5 Å². The van der Waals surface area contributed by atoms with Crippen molar-refractivity contribution in [2.24, 2.45) is 29.4 Å². The quantitative estimate of drug-likeness (QED) is 0.778. The third-order valence-electron chi connectivity index (χ3n) is 4.64. The smallest absolute Gasteiger partial charge is 0.224 e. The molecule has 3 nitrogen and oxygen atoms in total. The predicted molar refractivity (Wildman–Crippen MR) is 80.7 cm³/mol. The lowest BCUT2D eigenvalue weighted by Crippen LogP contribution is -2.48. The number of carbonyl (C=O) groups is 1. The Morgan fingerprint density at radius 1 is 1.37 bits per heavy atom. The van der Waals surface area contributed by atoms with Crippen LogP contribution in [-0.4, -0.2) is 18.5 Å². The Morgan fingerprint density at radius 2 is 2.05 bits per heavy atom. The average molecular weight is 268 g/mol. The van der Waals surface area contributed by atoms with E-state index in [1.54, 1.807) is 0 Å². The molecule has 1 saturated carbocycles. The van der Waals surface area contributed by atoms with Gasteiger partial charge in [0.2, 0.25) is 5.91 Å². The number of nitrogens with two attached hydrogens (primary N) is 1. The van der Waals surface area contributed by atoms with E-state index in [1.165, 1.54) is 12.8 Å². The molecule has 19 heavy (non-hydrogen) atoms. The molecule has 3 N–H and O–H groups in total. The molecule has 0 heterocycles. The molecule has 1 rings (SSSR count). The van der Waals surface area contributed by atoms with Crippen LogP contribution < -0.4 is 11.1 Å². The minimum absolute atomic E-state index is 0.00459. The Morgan fingerprint density at radius 3 is 2.58 bits per heavy atom. The second-order valence-electron chi connectivity index (χ2n) is 6.66. The van der Waals surface area contributed by atoms with Crippen LogP contribution in [0.15, 0.2) is 0 Å². The topological polar surface area (TPSA) is 55.1 Å². The molecule has 1 fully saturated rings. The lowest BCUT2D eigenvalue weighted by molar-refractivity contribution is -0.126. The molecule has 0 aromatic carbocycles. The lowest BCUT2D eigenvalue weighted by Gasteiger charge is -2.38. The summed E-state index contributed by atoms with van der Waals surface area (Å²) in [7, 11) is 0. The summed E-state index contributed by atoms with van der Waals surface area (Å²) in [6.45, 7) is 9.41. The molecule has 0 bridgehead atoms. The Kier molecular flexibility index (Phi) is 6.84. The molecule has 1 aliphatic rings. The third-order valence-corrected chi connectivity index (χ3v) is 4.64. The van der Waals surface area contributed by atoms with Crippen LogP contribution >= 0.6 is 0 Å². The summed E-state index contributed by atoms with van der Waals surface area (Å²) >= 11 is 0. The second-order valence-corrected chi connectivity index (χ2v) is 6.66. The Balaban J connectivity index is 2.62. The number of nitrogens with one attached hydrogen (secondary N) is 1. The van der Waals surface area contributed by atoms with E-state index in [0.717, 1.165) is 25.2 Å². The van der Waals surface area contributed by atoms with Crippen molar-refractivity contribution < 1.29 is 4.79 Å². The van der Waals surface area contributed by atoms with Gasteiger partial charge in [0.1, 0.15) is 0 Å². The van der Waals surface area contributed by atoms with Gasteiger partial charge in [-0.25, -0.2) is 0 Å². The van der Waals surface area contributed by atoms with Crippen molar-refractivity contribution in [3.63, 3.8) is 0 Å². The normalized spacial score (nSPS) is 29.3. The summed E-state index contributed by atoms with van der Waals surface area (Å²) in [5, 5.41) is 3.30. The van der Waals surface area contributed by atoms with Gasteiger partial charge in [-0.05, 0) is 37.0 Å². The van der Waals surface area contributed by atoms with Gasteiger partial charge in [0.25, 0.3) is 0 Å². The fourth-order valence-corrected chi connectivity index (χ4v) is 3.37. The molecule has 0 radical (unpaired) electrons. The van der Waals surface area contributed by atoms with E-state index in [2.05, 4.69) is 33.0 Å². The maximum atomic E-state index is 12.3. The molecule has 0 saturated heterocycles. The second kappa shape index (κ2) is 7.88. The largest absolute Gasteiger partial charge is 0.353 e. The van der Waals surface area contributed by atoms with Crippen LogP contribution in [-0.2, 0) is 4.79 Å². The molecule has 4 atom stereocenters. The van der Waals surface area contributed by atoms with E-state index < -0.39 is 0 Å². The number of hydrogen-bond acceptors (Lipinski definition) is 2. The summed E-state index contributed by atoms with van der Waals surface area (Å²) in [6, 6.07) is 0.349. The van der Waals surface area contributed by atoms with E-state index in [9.17, 15) is 4.79 Å². The molecule has 0 aromatic heterocycles. The fraction of sp³-hybridized carbons (Fsp3) is 0.938. The van der Waals surface area contributed by atoms with E-state index in [0.29, 0.717) is 24.4 Å². The summed E-state index contributed by atoms with van der Waals surface area (Å²) in [5.74, 6) is 2.16. The van der Waals surface area contributed by atoms with Crippen molar-refractivity contribution in [3.05, 3.63) is 0 Å². The summed E-state index contributed by atoms with van der Waals surface area (Å²) in [6.07, 6.45) is 5.58. The van der Waals surface area contributed by atoms with Crippen molar-refractivity contribution in [2.75, 3.05) is 6.54 Å². The van der Waals surface area contributed by atoms with Crippen LogP contribution in [0.1, 0.15) is 59.8 Å². The molecular formula is C16H32N2O. The maximum Gasteiger partial charge on any atom is 0.224 e. The van der Waals surface area contributed by atoms with E-state index in [1.807, 2.05) is 0 Å². The summed E-state index contributed by atoms with van der Waals surface area (Å²) < 4.78 is 0. The molecule has 4 unspecified atom stereocenters. The average Bonchev–Trinajstić information content (AvgIpc) is 2.35. The number of rotatable bonds is 6. The fourth-order valence-electron chi connectivity index (χ4n) is 3.37. The summed E-state index contributed by atoms with van der Waals surface area (Å²) in [4.78, 5) is 12.3. The molecule has 1 amide bonds. The highest BCUT2D eigenvalue weighted by molar-refractivity contribution is 5.79. The van der Waals surface area contributed by atoms with E-state index in [4.69, 9.17) is 5.73 Å². The highest BCUT2D eigenvalue weighted by Gasteiger charge is 2.32. The van der Waals surface area contributed by atoms with Crippen molar-refractivity contribution in [1.82, 2.24) is 5.32 Å². The monoisotopic (exact) mass is 268 g/mol. The van der Waals surface area contributed by atoms with Gasteiger partial charge in [-0.15, -0.1) is 0 Å². The Hall–Kier alpha value is -0.570. The SMILES string of the molecule is CCCC(CN)C(=O)NC1CC(C)CCC1C(C)C. The van der Waals surface area contributed by atoms with Crippen LogP contribution in [0.3, 0.4) is 0 Å². The molecule has 0 spiro atoms. The Labute approximate surface area is 118 Å². The first-order valence-electron chi connectivity index (χ1n) is 8.00. The molecule has 112 valence electrons. The molecule has 3 heteroatoms. The molecule has 0 aromatic rings.